The van der Waals surface area contributed by atoms with Crippen molar-refractivity contribution in [1.29, 1.82) is 0 Å². The van der Waals surface area contributed by atoms with E-state index in [1.807, 2.05) is 24.3 Å². The molecule has 20 heavy (non-hydrogen) atoms. The molecule has 0 spiro atoms. The average Bonchev–Trinajstić information content (AvgIpc) is 2.84. The van der Waals surface area contributed by atoms with E-state index in [4.69, 9.17) is 0 Å². The van der Waals surface area contributed by atoms with Crippen LogP contribution in [0.5, 0.6) is 0 Å². The summed E-state index contributed by atoms with van der Waals surface area (Å²) in [5, 5.41) is 3.87. The number of para-hydroxylation sites is 2. The fraction of sp³-hybridized carbons (Fsp3) is 0. The lowest BCUT2D eigenvalue weighted by atomic mass is 10.3. The average molecular weight is 272 g/mol. The van der Waals surface area contributed by atoms with Crippen LogP contribution in [0.4, 0.5) is 14.5 Å². The van der Waals surface area contributed by atoms with Crippen molar-refractivity contribution in [3.05, 3.63) is 59.9 Å². The molecule has 0 aliphatic heterocycles. The van der Waals surface area contributed by atoms with Gasteiger partial charge in [0.2, 0.25) is 0 Å². The second-order valence-electron chi connectivity index (χ2n) is 4.13. The smallest absolute Gasteiger partial charge is 0.151 e. The molecule has 6 heteroatoms. The van der Waals surface area contributed by atoms with Gasteiger partial charge in [-0.1, -0.05) is 12.1 Å². The van der Waals surface area contributed by atoms with Gasteiger partial charge in [0, 0.05) is 6.07 Å². The molecule has 100 valence electrons. The van der Waals surface area contributed by atoms with Crippen molar-refractivity contribution < 1.29 is 8.78 Å². The first-order valence-electron chi connectivity index (χ1n) is 5.91. The largest absolute Gasteiger partial charge is 0.337 e. The van der Waals surface area contributed by atoms with Crippen LogP contribution in [0, 0.1) is 11.6 Å². The number of hydrogen-bond acceptors (Lipinski definition) is 3. The van der Waals surface area contributed by atoms with E-state index in [1.54, 1.807) is 0 Å². The predicted molar refractivity (Wildman–Crippen MR) is 73.7 cm³/mol. The normalized spacial score (nSPS) is 11.3. The summed E-state index contributed by atoms with van der Waals surface area (Å²) in [5.41, 5.74) is 4.31. The van der Waals surface area contributed by atoms with Crippen molar-refractivity contribution in [3.63, 3.8) is 0 Å². The number of nitrogens with zero attached hydrogens (tertiary/aromatic N) is 2. The quantitative estimate of drug-likeness (QED) is 0.568. The molecule has 0 atom stereocenters. The third-order valence-corrected chi connectivity index (χ3v) is 2.71. The molecule has 0 radical (unpaired) electrons. The number of nitrogens with one attached hydrogen (secondary N) is 2. The summed E-state index contributed by atoms with van der Waals surface area (Å²) in [6, 6.07) is 10.8. The predicted octanol–water partition coefficient (Wildman–Crippen LogP) is 3.29. The van der Waals surface area contributed by atoms with Crippen molar-refractivity contribution in [2.24, 2.45) is 5.10 Å². The third kappa shape index (κ3) is 2.49. The van der Waals surface area contributed by atoms with E-state index < -0.39 is 11.6 Å². The molecule has 1 heterocycles. The molecule has 3 aromatic rings. The van der Waals surface area contributed by atoms with E-state index in [2.05, 4.69) is 20.5 Å². The Hall–Kier alpha value is -2.76. The lowest BCUT2D eigenvalue weighted by Gasteiger charge is -2.00. The summed E-state index contributed by atoms with van der Waals surface area (Å²) in [7, 11) is 0. The Kier molecular flexibility index (Phi) is 3.12. The molecule has 0 saturated heterocycles. The van der Waals surface area contributed by atoms with Gasteiger partial charge in [-0.2, -0.15) is 5.10 Å². The number of hydrogen-bond donors (Lipinski definition) is 2. The van der Waals surface area contributed by atoms with Crippen LogP contribution >= 0.6 is 0 Å². The number of aromatic nitrogens is 2. The number of hydrazone groups is 1. The highest BCUT2D eigenvalue weighted by Gasteiger charge is 2.02. The first-order chi connectivity index (χ1) is 9.72. The summed E-state index contributed by atoms with van der Waals surface area (Å²) < 4.78 is 26.1. The maximum absolute atomic E-state index is 13.3. The Morgan fingerprint density at radius 1 is 1.15 bits per heavy atom. The van der Waals surface area contributed by atoms with Gasteiger partial charge in [0.25, 0.3) is 0 Å². The minimum Gasteiger partial charge on any atom is -0.337 e. The van der Waals surface area contributed by atoms with E-state index in [9.17, 15) is 8.78 Å². The number of benzene rings is 2. The van der Waals surface area contributed by atoms with Crippen LogP contribution in [0.2, 0.25) is 0 Å². The Morgan fingerprint density at radius 3 is 2.80 bits per heavy atom. The number of halogens is 2. The van der Waals surface area contributed by atoms with Crippen molar-refractivity contribution in [2.75, 3.05) is 5.43 Å². The van der Waals surface area contributed by atoms with Crippen molar-refractivity contribution in [1.82, 2.24) is 9.97 Å². The zero-order chi connectivity index (χ0) is 13.9. The van der Waals surface area contributed by atoms with Gasteiger partial charge < -0.3 is 4.98 Å². The highest BCUT2D eigenvalue weighted by atomic mass is 19.1. The third-order valence-electron chi connectivity index (χ3n) is 2.71. The van der Waals surface area contributed by atoms with Gasteiger partial charge in [-0.25, -0.2) is 13.8 Å². The molecule has 0 bridgehead atoms. The number of fused-ring (bicyclic) bond motifs is 1. The van der Waals surface area contributed by atoms with Crippen LogP contribution in [0.25, 0.3) is 11.0 Å². The van der Waals surface area contributed by atoms with Crippen LogP contribution in [-0.4, -0.2) is 16.2 Å². The molecule has 0 fully saturated rings. The van der Waals surface area contributed by atoms with Gasteiger partial charge in [-0.05, 0) is 24.3 Å². The maximum Gasteiger partial charge on any atom is 0.151 e. The number of imidazole rings is 1. The fourth-order valence-electron chi connectivity index (χ4n) is 1.78. The molecule has 0 saturated carbocycles. The topological polar surface area (TPSA) is 53.1 Å². The van der Waals surface area contributed by atoms with Crippen molar-refractivity contribution in [3.8, 4) is 0 Å². The van der Waals surface area contributed by atoms with Gasteiger partial charge >= 0.3 is 0 Å². The Labute approximate surface area is 113 Å². The van der Waals surface area contributed by atoms with E-state index in [0.29, 0.717) is 5.82 Å². The molecule has 1 aromatic heterocycles. The van der Waals surface area contributed by atoms with E-state index in [-0.39, 0.29) is 5.69 Å². The highest BCUT2D eigenvalue weighted by molar-refractivity contribution is 5.84. The molecular weight excluding hydrogens is 262 g/mol. The molecule has 2 aromatic carbocycles. The number of H-pyrrole nitrogens is 1. The van der Waals surface area contributed by atoms with E-state index >= 15 is 0 Å². The Balaban J connectivity index is 1.77. The second-order valence-corrected chi connectivity index (χ2v) is 4.13. The Bertz CT molecular complexity index is 747. The van der Waals surface area contributed by atoms with Gasteiger partial charge in [0.15, 0.2) is 11.6 Å². The molecule has 0 aliphatic rings. The highest BCUT2D eigenvalue weighted by Crippen LogP contribution is 2.14. The molecule has 3 rings (SSSR count). The lowest BCUT2D eigenvalue weighted by Crippen LogP contribution is -1.95. The van der Waals surface area contributed by atoms with Crippen LogP contribution in [0.1, 0.15) is 5.82 Å². The first kappa shape index (κ1) is 12.3. The van der Waals surface area contributed by atoms with Gasteiger partial charge in [0.1, 0.15) is 5.82 Å². The van der Waals surface area contributed by atoms with E-state index in [1.165, 1.54) is 12.3 Å². The van der Waals surface area contributed by atoms with Gasteiger partial charge in [-0.3, -0.25) is 5.43 Å². The van der Waals surface area contributed by atoms with E-state index in [0.717, 1.165) is 23.2 Å². The lowest BCUT2D eigenvalue weighted by molar-refractivity contribution is 0.585. The molecule has 4 nitrogen and oxygen atoms in total. The Morgan fingerprint density at radius 2 is 2.00 bits per heavy atom. The summed E-state index contributed by atoms with van der Waals surface area (Å²) in [6.07, 6.45) is 1.43. The summed E-state index contributed by atoms with van der Waals surface area (Å²) >= 11 is 0. The molecule has 0 unspecified atom stereocenters. The standard InChI is InChI=1S/C14H10F2N4/c15-9-5-6-11(10(16)7-9)20-17-8-14-18-12-3-1-2-4-13(12)19-14/h1-8,20H,(H,18,19)/b17-8+. The zero-order valence-corrected chi connectivity index (χ0v) is 10.3. The van der Waals surface area contributed by atoms with Crippen LogP contribution in [0.15, 0.2) is 47.6 Å². The van der Waals surface area contributed by atoms with Crippen molar-refractivity contribution >= 4 is 22.9 Å². The summed E-state index contributed by atoms with van der Waals surface area (Å²) in [6.45, 7) is 0. The number of rotatable bonds is 3. The molecule has 0 aliphatic carbocycles. The minimum absolute atomic E-state index is 0.0961. The maximum atomic E-state index is 13.3. The minimum atomic E-state index is -0.702. The summed E-state index contributed by atoms with van der Waals surface area (Å²) in [4.78, 5) is 7.33. The molecule has 0 amide bonds. The van der Waals surface area contributed by atoms with Crippen LogP contribution < -0.4 is 5.43 Å². The van der Waals surface area contributed by atoms with Crippen molar-refractivity contribution in [2.45, 2.75) is 0 Å². The van der Waals surface area contributed by atoms with Gasteiger partial charge in [0.05, 0.1) is 22.9 Å². The molecule has 2 N–H and O–H groups in total. The fourth-order valence-corrected chi connectivity index (χ4v) is 1.78. The van der Waals surface area contributed by atoms with Crippen LogP contribution in [0.3, 0.4) is 0 Å². The molecular formula is C14H10F2N4. The van der Waals surface area contributed by atoms with Crippen LogP contribution in [-0.2, 0) is 0 Å². The SMILES string of the molecule is Fc1ccc(N/N=C/c2nc3ccccc3[nH]2)c(F)c1. The first-order valence-corrected chi connectivity index (χ1v) is 5.91. The second kappa shape index (κ2) is 5.08. The van der Waals surface area contributed by atoms with Gasteiger partial charge in [-0.15, -0.1) is 0 Å². The number of anilines is 1. The zero-order valence-electron chi connectivity index (χ0n) is 10.3. The monoisotopic (exact) mass is 272 g/mol. The number of aromatic amines is 1. The summed E-state index contributed by atoms with van der Waals surface area (Å²) in [5.74, 6) is -0.790.